The van der Waals surface area contributed by atoms with Crippen LogP contribution in [0.5, 0.6) is 0 Å². The molecule has 0 amide bonds. The Morgan fingerprint density at radius 2 is 0.730 bits per heavy atom. The Bertz CT molecular complexity index is 5340. The van der Waals surface area contributed by atoms with Crippen LogP contribution in [0.25, 0.3) is 108 Å². The maximum atomic E-state index is 11.8. The molecule has 4 unspecified atom stereocenters. The molecule has 1 fully saturated rings. The fourth-order valence-electron chi connectivity index (χ4n) is 14.3. The number of nitrogens with zero attached hydrogens (tertiary/aromatic N) is 4. The summed E-state index contributed by atoms with van der Waals surface area (Å²) in [6, 6.07) is 64.4. The number of rotatable bonds is 3. The zero-order valence-electron chi connectivity index (χ0n) is 47.8. The lowest BCUT2D eigenvalue weighted by Crippen LogP contribution is -2.40. The van der Waals surface area contributed by atoms with E-state index in [0.29, 0.717) is 39.8 Å². The molecule has 0 N–H and O–H groups in total. The molecule has 1 saturated carbocycles. The fraction of sp³-hybridized carbons (Fsp3) is 0.0649. The van der Waals surface area contributed by atoms with Crippen molar-refractivity contribution in [1.82, 2.24) is 0 Å². The van der Waals surface area contributed by atoms with Crippen molar-refractivity contribution in [2.75, 3.05) is 7.05 Å². The normalized spacial score (nSPS) is 17.3. The topological polar surface area (TPSA) is 173 Å². The van der Waals surface area contributed by atoms with E-state index in [1.807, 2.05) is 133 Å². The van der Waals surface area contributed by atoms with Crippen molar-refractivity contribution in [2.24, 2.45) is 23.7 Å². The summed E-state index contributed by atoms with van der Waals surface area (Å²) in [5, 5.41) is 63.0. The van der Waals surface area contributed by atoms with Gasteiger partial charge in [-0.05, 0) is 145 Å². The number of allylic oxidation sites excluding steroid dienone is 16. The highest BCUT2D eigenvalue weighted by atomic mass is 16.6. The first-order valence-electron chi connectivity index (χ1n) is 29.2. The minimum absolute atomic E-state index is 0.128. The predicted octanol–water partition coefficient (Wildman–Crippen LogP) is 20.1. The summed E-state index contributed by atoms with van der Waals surface area (Å²) in [5.74, 6) is 2.35. The SMILES string of the molecule is C1=CC2=CC=CC3C2C(=C1)C1=CC=CC2=CC=CC3C21.C[N+](=O)[O-].O=[N+]([O-])c1c2ccccc2c2ccc3cccc4ccc1c2c43.O=[N+]([O-])c1cc2c3ccccc3ccc2c2ccccc12.O=[N+]([O-])c1ccc2c3ccccc3c3ccccc3c2c1. The van der Waals surface area contributed by atoms with E-state index < -0.39 is 4.92 Å². The Labute approximate surface area is 508 Å². The summed E-state index contributed by atoms with van der Waals surface area (Å²) in [4.78, 5) is 41.6. The number of hydrogen-bond donors (Lipinski definition) is 0. The van der Waals surface area contributed by atoms with Gasteiger partial charge in [-0.3, -0.25) is 40.5 Å². The van der Waals surface area contributed by atoms with Crippen LogP contribution in [0.2, 0.25) is 0 Å². The van der Waals surface area contributed by atoms with Crippen molar-refractivity contribution in [3.8, 4) is 0 Å². The molecule has 12 nitrogen and oxygen atoms in total. The second kappa shape index (κ2) is 22.6. The van der Waals surface area contributed by atoms with Crippen LogP contribution in [0.1, 0.15) is 0 Å². The van der Waals surface area contributed by atoms with Gasteiger partial charge < -0.3 is 0 Å². The molecule has 0 bridgehead atoms. The second-order valence-corrected chi connectivity index (χ2v) is 22.6. The summed E-state index contributed by atoms with van der Waals surface area (Å²) < 4.78 is 0. The van der Waals surface area contributed by atoms with E-state index in [-0.39, 0.29) is 31.8 Å². The number of nitro groups is 4. The van der Waals surface area contributed by atoms with Crippen LogP contribution in [0.4, 0.5) is 17.1 Å². The first-order valence-corrected chi connectivity index (χ1v) is 29.2. The monoisotopic (exact) mass is 1160 g/mol. The van der Waals surface area contributed by atoms with Crippen LogP contribution in [0, 0.1) is 64.1 Å². The van der Waals surface area contributed by atoms with Crippen LogP contribution in [-0.4, -0.2) is 26.7 Å². The fourth-order valence-corrected chi connectivity index (χ4v) is 14.3. The smallest absolute Gasteiger partial charge is 0.265 e. The van der Waals surface area contributed by atoms with Crippen molar-refractivity contribution in [2.45, 2.75) is 0 Å². The van der Waals surface area contributed by atoms with Crippen molar-refractivity contribution >= 4 is 125 Å². The maximum absolute atomic E-state index is 11.8. The molecule has 4 atom stereocenters. The number of non-ortho nitro benzene ring substituents is 3. The first kappa shape index (κ1) is 55.1. The highest BCUT2D eigenvalue weighted by molar-refractivity contribution is 6.32. The first-order chi connectivity index (χ1) is 43.4. The number of fused-ring (bicyclic) bond motifs is 15. The van der Waals surface area contributed by atoms with E-state index >= 15 is 0 Å². The number of hydrogen-bond acceptors (Lipinski definition) is 8. The molecule has 5 aliphatic rings. The Hall–Kier alpha value is -11.8. The molecule has 13 aromatic carbocycles. The van der Waals surface area contributed by atoms with Gasteiger partial charge in [-0.1, -0.05) is 231 Å². The molecule has 89 heavy (non-hydrogen) atoms. The average molecular weight is 1160 g/mol. The molecule has 0 saturated heterocycles. The Morgan fingerprint density at radius 1 is 0.326 bits per heavy atom. The summed E-state index contributed by atoms with van der Waals surface area (Å²) in [7, 11) is 0.889. The van der Waals surface area contributed by atoms with Gasteiger partial charge in [0, 0.05) is 40.3 Å². The molecule has 13 aromatic rings. The Morgan fingerprint density at radius 3 is 1.26 bits per heavy atom. The van der Waals surface area contributed by atoms with Crippen molar-refractivity contribution in [3.63, 3.8) is 0 Å². The largest absolute Gasteiger partial charge is 0.285 e. The third-order valence-electron chi connectivity index (χ3n) is 17.9. The lowest BCUT2D eigenvalue weighted by molar-refractivity contribution is -0.445. The molecule has 18 rings (SSSR count). The van der Waals surface area contributed by atoms with Gasteiger partial charge in [0.05, 0.1) is 30.9 Å². The van der Waals surface area contributed by atoms with Gasteiger partial charge in [0.1, 0.15) is 0 Å². The quantitative estimate of drug-likeness (QED) is 0.0727. The highest BCUT2D eigenvalue weighted by Gasteiger charge is 2.46. The Balaban J connectivity index is 0.000000102. The molecule has 0 aromatic heterocycles. The lowest BCUT2D eigenvalue weighted by atomic mass is 9.55. The molecular formula is C77H52N4O8. The number of nitro benzene ring substituents is 3. The van der Waals surface area contributed by atoms with Crippen molar-refractivity contribution < 1.29 is 19.7 Å². The average Bonchev–Trinajstić information content (AvgIpc) is 0.990. The van der Waals surface area contributed by atoms with Gasteiger partial charge in [-0.2, -0.15) is 0 Å². The minimum Gasteiger partial charge on any atom is -0.265 e. The molecule has 12 heteroatoms. The van der Waals surface area contributed by atoms with E-state index in [9.17, 15) is 30.3 Å². The zero-order chi connectivity index (χ0) is 61.0. The molecule has 0 aliphatic heterocycles. The summed E-state index contributed by atoms with van der Waals surface area (Å²) in [6.07, 6.45) is 27.6. The summed E-state index contributed by atoms with van der Waals surface area (Å²) in [6.45, 7) is 0. The van der Waals surface area contributed by atoms with Gasteiger partial charge in [-0.15, -0.1) is 0 Å². The number of benzene rings is 13. The van der Waals surface area contributed by atoms with Gasteiger partial charge >= 0.3 is 0 Å². The van der Waals surface area contributed by atoms with Crippen LogP contribution in [0.3, 0.4) is 0 Å². The van der Waals surface area contributed by atoms with E-state index in [1.54, 1.807) is 29.3 Å². The van der Waals surface area contributed by atoms with Gasteiger partial charge in [0.2, 0.25) is 0 Å². The minimum atomic E-state index is -0.500. The van der Waals surface area contributed by atoms with Crippen LogP contribution >= 0.6 is 0 Å². The summed E-state index contributed by atoms with van der Waals surface area (Å²) in [5.41, 5.74) is 6.53. The van der Waals surface area contributed by atoms with E-state index in [2.05, 4.69) is 121 Å². The van der Waals surface area contributed by atoms with Gasteiger partial charge in [-0.25, -0.2) is 0 Å². The Kier molecular flexibility index (Phi) is 14.0. The molecule has 428 valence electrons. The lowest BCUT2D eigenvalue weighted by Gasteiger charge is -2.48. The van der Waals surface area contributed by atoms with E-state index in [0.717, 1.165) is 93.2 Å². The zero-order valence-corrected chi connectivity index (χ0v) is 47.8. The second-order valence-electron chi connectivity index (χ2n) is 22.6. The molecule has 0 spiro atoms. The highest BCUT2D eigenvalue weighted by Crippen LogP contribution is 2.56. The van der Waals surface area contributed by atoms with Crippen LogP contribution < -0.4 is 0 Å². The predicted molar refractivity (Wildman–Crippen MR) is 361 cm³/mol. The third kappa shape index (κ3) is 9.60. The van der Waals surface area contributed by atoms with Crippen molar-refractivity contribution in [3.05, 3.63) is 336 Å². The van der Waals surface area contributed by atoms with Gasteiger partial charge in [0.15, 0.2) is 7.05 Å². The van der Waals surface area contributed by atoms with Gasteiger partial charge in [0.25, 0.3) is 17.1 Å². The van der Waals surface area contributed by atoms with Crippen molar-refractivity contribution in [1.29, 1.82) is 0 Å². The molecular weight excluding hydrogens is 1110 g/mol. The van der Waals surface area contributed by atoms with Crippen LogP contribution in [0.15, 0.2) is 295 Å². The standard InChI is InChI=1S/C20H11NO2.C20H16.2C18H11NO2.CH3NO2/c22-21(23)20-16-7-2-1-6-14(16)15-10-8-12-4-3-5-13-9-11-17(20)19(15)18(12)13;1-5-13-6-2-11-17-18-12-4-8-14-7-3-10-16(20(14)18)15(9-1)19(13)17;20-19(21)12-9-10-17-15-7-2-1-5-13(15)14-6-3-4-8-16(14)18(17)11-12;20-19(21)18-11-17-13-6-2-1-5-12(13)9-10-15(17)14-7-3-4-8-16(14)18;1-2(3)4/h1-11H;1-12,15-16,19-20H;2*1-11H;1H3. The molecule has 5 aliphatic carbocycles. The third-order valence-corrected chi connectivity index (χ3v) is 17.9. The van der Waals surface area contributed by atoms with E-state index in [1.165, 1.54) is 16.5 Å². The summed E-state index contributed by atoms with van der Waals surface area (Å²) >= 11 is 0. The van der Waals surface area contributed by atoms with E-state index in [4.69, 9.17) is 10.1 Å². The molecule has 0 heterocycles. The van der Waals surface area contributed by atoms with Crippen LogP contribution in [-0.2, 0) is 0 Å². The maximum Gasteiger partial charge on any atom is 0.285 e. The molecule has 0 radical (unpaired) electrons.